The smallest absolute Gasteiger partial charge is 0.201 e. The van der Waals surface area contributed by atoms with Gasteiger partial charge in [-0.3, -0.25) is 0 Å². The highest BCUT2D eigenvalue weighted by Crippen LogP contribution is 2.24. The van der Waals surface area contributed by atoms with Crippen molar-refractivity contribution in [1.82, 2.24) is 14.5 Å². The lowest BCUT2D eigenvalue weighted by Gasteiger charge is -2.11. The Hall–Kier alpha value is -2.36. The van der Waals surface area contributed by atoms with Crippen molar-refractivity contribution in [2.45, 2.75) is 13.8 Å². The number of aromatic nitrogens is 2. The number of nitrogens with zero attached hydrogens (tertiary/aromatic N) is 2. The molecule has 0 radical (unpaired) electrons. The standard InChI is InChI=1S/C17H20N4/c1-5-21(4)12-6-7-13-16(9-12)20-17-10-14(18-3)11(2)8-15(17)19-13/h6-10H,5H2,1-4H3,(H,18,20)/p+1. The molecule has 1 aromatic carbocycles. The van der Waals surface area contributed by atoms with Crippen molar-refractivity contribution >= 4 is 16.7 Å². The molecule has 0 saturated heterocycles. The highest BCUT2D eigenvalue weighted by Gasteiger charge is 2.09. The number of rotatable bonds is 2. The summed E-state index contributed by atoms with van der Waals surface area (Å²) < 4.78 is 2.21. The summed E-state index contributed by atoms with van der Waals surface area (Å²) >= 11 is 0. The molecule has 2 N–H and O–H groups in total. The molecule has 1 heterocycles. The van der Waals surface area contributed by atoms with E-state index in [1.54, 1.807) is 0 Å². The van der Waals surface area contributed by atoms with Gasteiger partial charge in [0.25, 0.3) is 0 Å². The fraction of sp³-hybridized carbons (Fsp3) is 0.294. The van der Waals surface area contributed by atoms with Gasteiger partial charge in [0.2, 0.25) is 5.36 Å². The topological polar surface area (TPSA) is 43.7 Å². The first-order valence-corrected chi connectivity index (χ1v) is 7.28. The molecule has 0 saturated carbocycles. The number of nitrogens with one attached hydrogen (secondary N) is 2. The third-order valence-corrected chi connectivity index (χ3v) is 4.02. The van der Waals surface area contributed by atoms with Crippen LogP contribution in [0.2, 0.25) is 0 Å². The summed E-state index contributed by atoms with van der Waals surface area (Å²) in [4.78, 5) is 8.26. The Morgan fingerprint density at radius 3 is 2.76 bits per heavy atom. The number of benzene rings is 2. The monoisotopic (exact) mass is 281 g/mol. The van der Waals surface area contributed by atoms with Gasteiger partial charge in [-0.2, -0.15) is 0 Å². The van der Waals surface area contributed by atoms with Crippen LogP contribution in [0.3, 0.4) is 0 Å². The predicted octanol–water partition coefficient (Wildman–Crippen LogP) is 2.44. The molecule has 0 bridgehead atoms. The zero-order valence-corrected chi connectivity index (χ0v) is 13.0. The van der Waals surface area contributed by atoms with E-state index in [1.165, 1.54) is 10.9 Å². The maximum absolute atomic E-state index is 4.76. The molecule has 108 valence electrons. The minimum absolute atomic E-state index is 0.982. The zero-order valence-electron chi connectivity index (χ0n) is 13.0. The normalized spacial score (nSPS) is 12.8. The zero-order chi connectivity index (χ0) is 15.0. The van der Waals surface area contributed by atoms with Crippen molar-refractivity contribution < 1.29 is 0 Å². The lowest BCUT2D eigenvalue weighted by atomic mass is 10.1. The van der Waals surface area contributed by atoms with E-state index in [-0.39, 0.29) is 0 Å². The summed E-state index contributed by atoms with van der Waals surface area (Å²) in [7, 11) is 4.04. The minimum atomic E-state index is 0.982. The van der Waals surface area contributed by atoms with Crippen molar-refractivity contribution in [3.05, 3.63) is 41.3 Å². The Labute approximate surface area is 124 Å². The van der Waals surface area contributed by atoms with Crippen molar-refractivity contribution in [2.24, 2.45) is 0 Å². The molecule has 4 heteroatoms. The van der Waals surface area contributed by atoms with E-state index in [1.807, 2.05) is 7.05 Å². The second kappa shape index (κ2) is 5.20. The summed E-state index contributed by atoms with van der Waals surface area (Å²) in [5, 5.41) is 4.42. The van der Waals surface area contributed by atoms with Crippen molar-refractivity contribution in [1.29, 1.82) is 0 Å². The highest BCUT2D eigenvalue weighted by molar-refractivity contribution is 5.83. The van der Waals surface area contributed by atoms with Crippen LogP contribution in [0.15, 0.2) is 30.3 Å². The van der Waals surface area contributed by atoms with Crippen LogP contribution in [-0.4, -0.2) is 30.6 Å². The Morgan fingerprint density at radius 2 is 2.05 bits per heavy atom. The van der Waals surface area contributed by atoms with Crippen LogP contribution in [0.4, 0.5) is 5.69 Å². The van der Waals surface area contributed by atoms with Crippen LogP contribution in [0.1, 0.15) is 12.5 Å². The number of hydrogen-bond donors (Lipinski definition) is 2. The Balaban J connectivity index is 2.32. The van der Waals surface area contributed by atoms with E-state index in [2.05, 4.69) is 66.1 Å². The van der Waals surface area contributed by atoms with E-state index in [0.29, 0.717) is 0 Å². The van der Waals surface area contributed by atoms with Gasteiger partial charge >= 0.3 is 0 Å². The summed E-state index contributed by atoms with van der Waals surface area (Å²) in [6.07, 6.45) is 0. The second-order valence-electron chi connectivity index (χ2n) is 5.39. The number of aromatic amines is 1. The summed E-state index contributed by atoms with van der Waals surface area (Å²) in [6.45, 7) is 5.22. The van der Waals surface area contributed by atoms with Gasteiger partial charge < -0.3 is 10.3 Å². The molecule has 3 rings (SSSR count). The van der Waals surface area contributed by atoms with Gasteiger partial charge in [0, 0.05) is 24.9 Å². The highest BCUT2D eigenvalue weighted by atomic mass is 14.9. The second-order valence-corrected chi connectivity index (χ2v) is 5.39. The van der Waals surface area contributed by atoms with Gasteiger partial charge in [-0.1, -0.05) is 0 Å². The van der Waals surface area contributed by atoms with Crippen LogP contribution in [-0.2, 0) is 0 Å². The first kappa shape index (κ1) is 13.6. The van der Waals surface area contributed by atoms with Gasteiger partial charge in [-0.15, -0.1) is 0 Å². The Bertz CT molecular complexity index is 845. The van der Waals surface area contributed by atoms with Gasteiger partial charge in [0.05, 0.1) is 22.4 Å². The molecule has 1 aliphatic heterocycles. The molecular weight excluding hydrogens is 260 g/mol. The lowest BCUT2D eigenvalue weighted by molar-refractivity contribution is 0.706. The molecule has 1 aromatic rings. The van der Waals surface area contributed by atoms with E-state index in [4.69, 9.17) is 4.98 Å². The summed E-state index contributed by atoms with van der Waals surface area (Å²) in [5.41, 5.74) is 6.43. The largest absolute Gasteiger partial charge is 0.388 e. The van der Waals surface area contributed by atoms with Gasteiger partial charge in [0.15, 0.2) is 0 Å². The fourth-order valence-electron chi connectivity index (χ4n) is 2.57. The van der Waals surface area contributed by atoms with Gasteiger partial charge in [0.1, 0.15) is 13.6 Å². The van der Waals surface area contributed by atoms with E-state index < -0.39 is 0 Å². The van der Waals surface area contributed by atoms with E-state index in [9.17, 15) is 0 Å². The van der Waals surface area contributed by atoms with E-state index >= 15 is 0 Å². The summed E-state index contributed by atoms with van der Waals surface area (Å²) in [5.74, 6) is 0. The molecule has 0 fully saturated rings. The van der Waals surface area contributed by atoms with Crippen molar-refractivity contribution in [3.63, 3.8) is 0 Å². The molecule has 0 aromatic heterocycles. The Kier molecular flexibility index (Phi) is 3.37. The molecule has 4 nitrogen and oxygen atoms in total. The van der Waals surface area contributed by atoms with Gasteiger partial charge in [-0.05, 0) is 37.6 Å². The fourth-order valence-corrected chi connectivity index (χ4v) is 2.57. The molecule has 21 heavy (non-hydrogen) atoms. The van der Waals surface area contributed by atoms with Crippen molar-refractivity contribution in [2.75, 3.05) is 26.0 Å². The average Bonchev–Trinajstić information content (AvgIpc) is 2.51. The molecule has 2 aliphatic rings. The number of hydrogen-bond acceptors (Lipinski definition) is 2. The predicted molar refractivity (Wildman–Crippen MR) is 88.7 cm³/mol. The third-order valence-electron chi connectivity index (χ3n) is 4.02. The van der Waals surface area contributed by atoms with Crippen LogP contribution in [0, 0.1) is 6.92 Å². The van der Waals surface area contributed by atoms with Crippen LogP contribution >= 0.6 is 0 Å². The number of H-pyrrole nitrogens is 1. The minimum Gasteiger partial charge on any atom is -0.388 e. The first-order chi connectivity index (χ1) is 10.1. The molecule has 0 amide bonds. The molecule has 0 spiro atoms. The van der Waals surface area contributed by atoms with E-state index in [0.717, 1.165) is 34.7 Å². The van der Waals surface area contributed by atoms with Crippen LogP contribution in [0.5, 0.6) is 0 Å². The molecule has 1 aliphatic carbocycles. The number of aryl methyl sites for hydroxylation is 1. The van der Waals surface area contributed by atoms with Crippen LogP contribution in [0.25, 0.3) is 22.4 Å². The summed E-state index contributed by atoms with van der Waals surface area (Å²) in [6, 6.07) is 10.6. The number of fused-ring (bicyclic) bond motifs is 2. The quantitative estimate of drug-likeness (QED) is 0.560. The number of anilines is 1. The SMILES string of the molecule is CC/[N+](C)=c1\ccc2nc3cc(C)c(NC)cc3[nH]c-2c1. The van der Waals surface area contributed by atoms with Crippen molar-refractivity contribution in [3.8, 4) is 11.4 Å². The Morgan fingerprint density at radius 1 is 1.24 bits per heavy atom. The maximum atomic E-state index is 4.76. The maximum Gasteiger partial charge on any atom is 0.201 e. The molecule has 0 unspecified atom stereocenters. The molecular formula is C17H21N4+. The lowest BCUT2D eigenvalue weighted by Crippen LogP contribution is -2.25. The van der Waals surface area contributed by atoms with Gasteiger partial charge in [-0.25, -0.2) is 9.56 Å². The third kappa shape index (κ3) is 2.37. The van der Waals surface area contributed by atoms with Crippen LogP contribution < -0.4 is 15.2 Å². The average molecular weight is 281 g/mol. The molecule has 0 atom stereocenters. The first-order valence-electron chi connectivity index (χ1n) is 7.28.